The Balaban J connectivity index is 1.43. The first-order chi connectivity index (χ1) is 17.6. The number of nitrogens with one attached hydrogen (secondary N) is 2. The topological polar surface area (TPSA) is 135 Å². The van der Waals surface area contributed by atoms with E-state index in [9.17, 15) is 13.9 Å². The second kappa shape index (κ2) is 10.4. The van der Waals surface area contributed by atoms with E-state index < -0.39 is 11.6 Å². The highest BCUT2D eigenvalue weighted by molar-refractivity contribution is 7.99. The first kappa shape index (κ1) is 23.3. The molecule has 13 heteroatoms. The van der Waals surface area contributed by atoms with Gasteiger partial charge < -0.3 is 15.2 Å². The highest BCUT2D eigenvalue weighted by atomic mass is 32.2. The van der Waals surface area contributed by atoms with Gasteiger partial charge in [0.05, 0.1) is 6.61 Å². The van der Waals surface area contributed by atoms with Gasteiger partial charge in [-0.05, 0) is 41.1 Å². The maximum atomic E-state index is 13.8. The highest BCUT2D eigenvalue weighted by Crippen LogP contribution is 2.36. The molecule has 0 unspecified atom stereocenters. The van der Waals surface area contributed by atoms with Crippen molar-refractivity contribution >= 4 is 23.4 Å². The number of halogens is 2. The molecule has 0 aliphatic heterocycles. The first-order valence-corrected chi connectivity index (χ1v) is 11.2. The SMILES string of the molecule is OCc1ccc(Sc2cnc(Nc3ccc(-c4nn[nH]n4)cn3)c(Oc3ccc(F)c(F)c3)c2)nc1. The second-order valence-corrected chi connectivity index (χ2v) is 8.35. The molecule has 0 radical (unpaired) electrons. The number of H-pyrrole nitrogens is 1. The Morgan fingerprint density at radius 1 is 0.944 bits per heavy atom. The smallest absolute Gasteiger partial charge is 0.206 e. The van der Waals surface area contributed by atoms with E-state index in [1.807, 2.05) is 0 Å². The first-order valence-electron chi connectivity index (χ1n) is 10.4. The summed E-state index contributed by atoms with van der Waals surface area (Å²) in [6.45, 7) is -0.101. The maximum absolute atomic E-state index is 13.8. The van der Waals surface area contributed by atoms with Gasteiger partial charge >= 0.3 is 0 Å². The number of hydrogen-bond acceptors (Lipinski definition) is 10. The van der Waals surface area contributed by atoms with Crippen LogP contribution in [0.15, 0.2) is 77.0 Å². The maximum Gasteiger partial charge on any atom is 0.206 e. The third kappa shape index (κ3) is 5.42. The van der Waals surface area contributed by atoms with Gasteiger partial charge in [0, 0.05) is 41.2 Å². The number of nitrogens with zero attached hydrogens (tertiary/aromatic N) is 6. The lowest BCUT2D eigenvalue weighted by Gasteiger charge is -2.13. The van der Waals surface area contributed by atoms with Crippen LogP contribution >= 0.6 is 11.8 Å². The van der Waals surface area contributed by atoms with E-state index >= 15 is 0 Å². The highest BCUT2D eigenvalue weighted by Gasteiger charge is 2.13. The molecule has 4 aromatic heterocycles. The van der Waals surface area contributed by atoms with Crippen molar-refractivity contribution in [3.8, 4) is 22.9 Å². The van der Waals surface area contributed by atoms with Gasteiger partial charge in [-0.25, -0.2) is 23.7 Å². The van der Waals surface area contributed by atoms with Gasteiger partial charge in [0.15, 0.2) is 23.2 Å². The molecule has 1 aromatic carbocycles. The minimum atomic E-state index is -1.03. The van der Waals surface area contributed by atoms with Crippen molar-refractivity contribution in [3.63, 3.8) is 0 Å². The Bertz CT molecular complexity index is 1470. The molecule has 36 heavy (non-hydrogen) atoms. The van der Waals surface area contributed by atoms with Gasteiger partial charge in [0.2, 0.25) is 5.82 Å². The van der Waals surface area contributed by atoms with Gasteiger partial charge in [-0.1, -0.05) is 17.8 Å². The Morgan fingerprint density at radius 3 is 2.56 bits per heavy atom. The zero-order valence-corrected chi connectivity index (χ0v) is 19.1. The number of aromatic nitrogens is 7. The molecule has 0 saturated carbocycles. The van der Waals surface area contributed by atoms with Crippen molar-refractivity contribution in [1.82, 2.24) is 35.6 Å². The molecule has 0 aliphatic rings. The van der Waals surface area contributed by atoms with Gasteiger partial charge in [0.25, 0.3) is 0 Å². The fraction of sp³-hybridized carbons (Fsp3) is 0.0435. The van der Waals surface area contributed by atoms with Crippen molar-refractivity contribution in [2.45, 2.75) is 16.5 Å². The molecular formula is C23H16F2N8O2S. The number of ether oxygens (including phenoxy) is 1. The zero-order chi connectivity index (χ0) is 24.9. The fourth-order valence-electron chi connectivity index (χ4n) is 3.01. The average molecular weight is 506 g/mol. The Morgan fingerprint density at radius 2 is 1.86 bits per heavy atom. The van der Waals surface area contributed by atoms with E-state index in [0.29, 0.717) is 38.5 Å². The van der Waals surface area contributed by atoms with E-state index in [2.05, 4.69) is 40.9 Å². The molecule has 10 nitrogen and oxygen atoms in total. The Kier molecular flexibility index (Phi) is 6.73. The summed E-state index contributed by atoms with van der Waals surface area (Å²) in [4.78, 5) is 13.8. The molecule has 5 aromatic rings. The van der Waals surface area contributed by atoms with Gasteiger partial charge in [-0.3, -0.25) is 0 Å². The van der Waals surface area contributed by atoms with Crippen LogP contribution in [0, 0.1) is 11.6 Å². The number of pyridine rings is 3. The third-order valence-electron chi connectivity index (χ3n) is 4.76. The molecule has 0 amide bonds. The molecule has 4 heterocycles. The van der Waals surface area contributed by atoms with E-state index in [1.54, 1.807) is 48.9 Å². The summed E-state index contributed by atoms with van der Waals surface area (Å²) < 4.78 is 33.0. The summed E-state index contributed by atoms with van der Waals surface area (Å²) in [5.41, 5.74) is 1.35. The van der Waals surface area contributed by atoms with Crippen LogP contribution in [0.3, 0.4) is 0 Å². The van der Waals surface area contributed by atoms with Crippen LogP contribution in [0.4, 0.5) is 20.4 Å². The molecule has 0 bridgehead atoms. The van der Waals surface area contributed by atoms with Crippen molar-refractivity contribution < 1.29 is 18.6 Å². The van der Waals surface area contributed by atoms with Crippen molar-refractivity contribution in [2.24, 2.45) is 0 Å². The molecule has 5 rings (SSSR count). The minimum Gasteiger partial charge on any atom is -0.453 e. The predicted octanol–water partition coefficient (Wildman–Crippen LogP) is 4.51. The molecule has 180 valence electrons. The number of rotatable bonds is 8. The van der Waals surface area contributed by atoms with Crippen molar-refractivity contribution in [1.29, 1.82) is 0 Å². The summed E-state index contributed by atoms with van der Waals surface area (Å²) >= 11 is 1.32. The molecule has 0 saturated heterocycles. The van der Waals surface area contributed by atoms with Crippen LogP contribution in [0.2, 0.25) is 0 Å². The number of anilines is 2. The predicted molar refractivity (Wildman–Crippen MR) is 126 cm³/mol. The second-order valence-electron chi connectivity index (χ2n) is 7.25. The number of benzene rings is 1. The van der Waals surface area contributed by atoms with Crippen LogP contribution < -0.4 is 10.1 Å². The van der Waals surface area contributed by atoms with E-state index in [-0.39, 0.29) is 18.1 Å². The average Bonchev–Trinajstić information content (AvgIpc) is 3.44. The lowest BCUT2D eigenvalue weighted by Crippen LogP contribution is -2.00. The molecule has 0 aliphatic carbocycles. The lowest BCUT2D eigenvalue weighted by molar-refractivity contribution is 0.281. The Hall–Kier alpha value is -4.49. The van der Waals surface area contributed by atoms with E-state index in [0.717, 1.165) is 12.1 Å². The van der Waals surface area contributed by atoms with Crippen molar-refractivity contribution in [3.05, 3.63) is 84.3 Å². The lowest BCUT2D eigenvalue weighted by atomic mass is 10.2. The van der Waals surface area contributed by atoms with Gasteiger partial charge in [-0.15, -0.1) is 10.2 Å². The molecule has 0 spiro atoms. The number of aromatic amines is 1. The molecular weight excluding hydrogens is 490 g/mol. The van der Waals surface area contributed by atoms with Gasteiger partial charge in [0.1, 0.15) is 16.6 Å². The molecule has 3 N–H and O–H groups in total. The van der Waals surface area contributed by atoms with E-state index in [1.165, 1.54) is 17.8 Å². The minimum absolute atomic E-state index is 0.0896. The largest absolute Gasteiger partial charge is 0.453 e. The zero-order valence-electron chi connectivity index (χ0n) is 18.3. The monoisotopic (exact) mass is 506 g/mol. The number of aliphatic hydroxyl groups is 1. The number of hydrogen-bond donors (Lipinski definition) is 3. The fourth-order valence-corrected chi connectivity index (χ4v) is 3.77. The van der Waals surface area contributed by atoms with Crippen LogP contribution in [0.25, 0.3) is 11.4 Å². The Labute approximate surface area is 206 Å². The number of tetrazole rings is 1. The molecule has 0 atom stereocenters. The van der Waals surface area contributed by atoms with Crippen LogP contribution in [0.1, 0.15) is 5.56 Å². The molecule has 0 fully saturated rings. The summed E-state index contributed by atoms with van der Waals surface area (Å²) in [7, 11) is 0. The third-order valence-corrected chi connectivity index (χ3v) is 5.67. The number of aliphatic hydroxyl groups excluding tert-OH is 1. The van der Waals surface area contributed by atoms with Crippen LogP contribution in [0.5, 0.6) is 11.5 Å². The summed E-state index contributed by atoms with van der Waals surface area (Å²) in [5, 5.41) is 26.7. The van der Waals surface area contributed by atoms with Crippen LogP contribution in [-0.2, 0) is 6.61 Å². The van der Waals surface area contributed by atoms with Crippen LogP contribution in [-0.4, -0.2) is 40.7 Å². The van der Waals surface area contributed by atoms with Crippen molar-refractivity contribution in [2.75, 3.05) is 5.32 Å². The summed E-state index contributed by atoms with van der Waals surface area (Å²) in [6.07, 6.45) is 4.75. The van der Waals surface area contributed by atoms with Gasteiger partial charge in [-0.2, -0.15) is 5.21 Å². The standard InChI is InChI=1S/C23H16F2N8O2S/c24-17-4-3-15(7-18(17)25)35-19-8-16(36-21-6-1-13(12-34)9-27-21)11-28-23(19)29-20-5-2-14(10-26-20)22-30-32-33-31-22/h1-11,34H,12H2,(H,26,28,29)(H,30,31,32,33). The quantitative estimate of drug-likeness (QED) is 0.276. The van der Waals surface area contributed by atoms with E-state index in [4.69, 9.17) is 4.74 Å². The summed E-state index contributed by atoms with van der Waals surface area (Å²) in [6, 6.07) is 11.9. The normalized spacial score (nSPS) is 10.9. The summed E-state index contributed by atoms with van der Waals surface area (Å²) in [5.74, 6) is -0.525.